The minimum atomic E-state index is -0.446. The summed E-state index contributed by atoms with van der Waals surface area (Å²) in [6.07, 6.45) is 2.37. The maximum atomic E-state index is 13.4. The molecule has 0 atom stereocenters. The summed E-state index contributed by atoms with van der Waals surface area (Å²) in [5.41, 5.74) is 1.72. The summed E-state index contributed by atoms with van der Waals surface area (Å²) in [5, 5.41) is 0. The number of carbonyl (C=O) groups is 1. The van der Waals surface area contributed by atoms with Crippen LogP contribution in [0, 0.1) is 12.7 Å². The fourth-order valence-electron chi connectivity index (χ4n) is 1.48. The number of Topliss-reactive ketones (excluding diaryl/α,β-unsaturated/α-hetero) is 1. The van der Waals surface area contributed by atoms with Crippen molar-refractivity contribution in [3.63, 3.8) is 0 Å². The average Bonchev–Trinajstić information content (AvgIpc) is 2.23. The van der Waals surface area contributed by atoms with E-state index >= 15 is 0 Å². The Hall–Kier alpha value is -1.44. The van der Waals surface area contributed by atoms with Crippen molar-refractivity contribution >= 4 is 5.78 Å². The van der Waals surface area contributed by atoms with Gasteiger partial charge in [0, 0.05) is 0 Å². The molecule has 0 radical (unpaired) electrons. The zero-order chi connectivity index (χ0) is 11.4. The molecule has 0 aliphatic heterocycles. The maximum Gasteiger partial charge on any atom is 0.191 e. The first-order valence-electron chi connectivity index (χ1n) is 5.06. The van der Waals surface area contributed by atoms with Gasteiger partial charge in [-0.3, -0.25) is 4.79 Å². The predicted molar refractivity (Wildman–Crippen MR) is 59.5 cm³/mol. The van der Waals surface area contributed by atoms with E-state index in [0.29, 0.717) is 12.0 Å². The van der Waals surface area contributed by atoms with Crippen LogP contribution in [-0.4, -0.2) is 5.78 Å². The topological polar surface area (TPSA) is 17.1 Å². The summed E-state index contributed by atoms with van der Waals surface area (Å²) in [7, 11) is 0. The number of rotatable bonds is 3. The first-order chi connectivity index (χ1) is 7.10. The number of halogens is 1. The largest absolute Gasteiger partial charge is 0.289 e. The number of hydrogen-bond acceptors (Lipinski definition) is 1. The summed E-state index contributed by atoms with van der Waals surface area (Å²) < 4.78 is 13.4. The van der Waals surface area contributed by atoms with E-state index in [1.165, 1.54) is 6.07 Å². The van der Waals surface area contributed by atoms with E-state index < -0.39 is 5.82 Å². The van der Waals surface area contributed by atoms with E-state index in [1.54, 1.807) is 25.1 Å². The Morgan fingerprint density at radius 3 is 2.67 bits per heavy atom. The molecule has 1 nitrogen and oxygen atoms in total. The van der Waals surface area contributed by atoms with E-state index in [2.05, 4.69) is 0 Å². The lowest BCUT2D eigenvalue weighted by atomic mass is 9.99. The molecule has 0 spiro atoms. The highest BCUT2D eigenvalue weighted by Crippen LogP contribution is 2.16. The first kappa shape index (κ1) is 11.6. The Morgan fingerprint density at radius 1 is 1.47 bits per heavy atom. The number of hydrogen-bond donors (Lipinski definition) is 0. The molecule has 0 aliphatic carbocycles. The van der Waals surface area contributed by atoms with Crippen molar-refractivity contribution < 1.29 is 9.18 Å². The molecular formula is C13H15FO. The molecule has 1 aromatic carbocycles. The molecule has 0 saturated carbocycles. The highest BCUT2D eigenvalue weighted by Gasteiger charge is 2.14. The van der Waals surface area contributed by atoms with Gasteiger partial charge in [-0.1, -0.05) is 24.6 Å². The Morgan fingerprint density at radius 2 is 2.13 bits per heavy atom. The summed E-state index contributed by atoms with van der Waals surface area (Å²) in [6.45, 7) is 5.53. The third-order valence-electron chi connectivity index (χ3n) is 2.39. The number of allylic oxidation sites excluding steroid dienone is 2. The summed E-state index contributed by atoms with van der Waals surface area (Å²) in [5.74, 6) is -0.653. The molecule has 1 rings (SSSR count). The zero-order valence-corrected chi connectivity index (χ0v) is 9.30. The third-order valence-corrected chi connectivity index (χ3v) is 2.39. The van der Waals surface area contributed by atoms with Crippen LogP contribution in [-0.2, 0) is 0 Å². The highest BCUT2D eigenvalue weighted by molar-refractivity contribution is 6.08. The number of aryl methyl sites for hydroxylation is 1. The second-order valence-corrected chi connectivity index (χ2v) is 3.48. The van der Waals surface area contributed by atoms with E-state index in [0.717, 1.165) is 5.56 Å². The highest BCUT2D eigenvalue weighted by atomic mass is 19.1. The fourth-order valence-corrected chi connectivity index (χ4v) is 1.48. The minimum Gasteiger partial charge on any atom is -0.289 e. The van der Waals surface area contributed by atoms with Crippen LogP contribution in [0.5, 0.6) is 0 Å². The van der Waals surface area contributed by atoms with Gasteiger partial charge in [-0.2, -0.15) is 0 Å². The van der Waals surface area contributed by atoms with Gasteiger partial charge in [0.1, 0.15) is 5.82 Å². The van der Waals surface area contributed by atoms with E-state index in [9.17, 15) is 9.18 Å². The summed E-state index contributed by atoms with van der Waals surface area (Å²) in [6, 6.07) is 4.59. The monoisotopic (exact) mass is 206 g/mol. The Labute approximate surface area is 89.6 Å². The predicted octanol–water partition coefficient (Wildman–Crippen LogP) is 3.67. The Kier molecular flexibility index (Phi) is 3.78. The van der Waals surface area contributed by atoms with Crippen LogP contribution in [0.1, 0.15) is 36.2 Å². The van der Waals surface area contributed by atoms with Crippen molar-refractivity contribution in [1.82, 2.24) is 0 Å². The number of carbonyl (C=O) groups excluding carboxylic acids is 1. The summed E-state index contributed by atoms with van der Waals surface area (Å²) >= 11 is 0. The molecule has 0 aromatic heterocycles. The van der Waals surface area contributed by atoms with Crippen LogP contribution in [0.2, 0.25) is 0 Å². The Balaban J connectivity index is 3.16. The second-order valence-electron chi connectivity index (χ2n) is 3.48. The quantitative estimate of drug-likeness (QED) is 0.544. The molecule has 0 heterocycles. The lowest BCUT2D eigenvalue weighted by Crippen LogP contribution is -2.05. The number of ketones is 1. The van der Waals surface area contributed by atoms with Crippen molar-refractivity contribution in [2.24, 2.45) is 0 Å². The van der Waals surface area contributed by atoms with Gasteiger partial charge in [-0.25, -0.2) is 4.39 Å². The van der Waals surface area contributed by atoms with Crippen molar-refractivity contribution in [2.75, 3.05) is 0 Å². The van der Waals surface area contributed by atoms with Gasteiger partial charge < -0.3 is 0 Å². The van der Waals surface area contributed by atoms with E-state index in [4.69, 9.17) is 0 Å². The van der Waals surface area contributed by atoms with E-state index in [1.807, 2.05) is 13.8 Å². The van der Waals surface area contributed by atoms with Gasteiger partial charge in [0.25, 0.3) is 0 Å². The maximum absolute atomic E-state index is 13.4. The van der Waals surface area contributed by atoms with Crippen LogP contribution in [0.3, 0.4) is 0 Å². The summed E-state index contributed by atoms with van der Waals surface area (Å²) in [4.78, 5) is 11.9. The second kappa shape index (κ2) is 4.87. The molecule has 80 valence electrons. The molecule has 0 fully saturated rings. The first-order valence-corrected chi connectivity index (χ1v) is 5.06. The molecule has 2 heteroatoms. The zero-order valence-electron chi connectivity index (χ0n) is 9.30. The normalized spacial score (nSPS) is 11.6. The van der Waals surface area contributed by atoms with Crippen LogP contribution >= 0.6 is 0 Å². The van der Waals surface area contributed by atoms with Crippen molar-refractivity contribution in [2.45, 2.75) is 27.2 Å². The van der Waals surface area contributed by atoms with Crippen molar-refractivity contribution in [1.29, 1.82) is 0 Å². The van der Waals surface area contributed by atoms with Gasteiger partial charge in [-0.05, 0) is 38.0 Å². The molecule has 0 bridgehead atoms. The molecule has 0 unspecified atom stereocenters. The Bertz CT molecular complexity index is 405. The molecule has 1 aromatic rings. The van der Waals surface area contributed by atoms with Crippen LogP contribution < -0.4 is 0 Å². The van der Waals surface area contributed by atoms with Gasteiger partial charge in [-0.15, -0.1) is 0 Å². The van der Waals surface area contributed by atoms with E-state index in [-0.39, 0.29) is 11.3 Å². The fraction of sp³-hybridized carbons (Fsp3) is 0.308. The lowest BCUT2D eigenvalue weighted by molar-refractivity contribution is 0.102. The molecular weight excluding hydrogens is 191 g/mol. The molecule has 0 saturated heterocycles. The van der Waals surface area contributed by atoms with Crippen LogP contribution in [0.15, 0.2) is 29.8 Å². The van der Waals surface area contributed by atoms with Gasteiger partial charge >= 0.3 is 0 Å². The third kappa shape index (κ3) is 2.52. The molecule has 0 N–H and O–H groups in total. The van der Waals surface area contributed by atoms with Crippen molar-refractivity contribution in [3.8, 4) is 0 Å². The van der Waals surface area contributed by atoms with Crippen LogP contribution in [0.25, 0.3) is 0 Å². The minimum absolute atomic E-state index is 0.171. The number of benzene rings is 1. The van der Waals surface area contributed by atoms with Gasteiger partial charge in [0.15, 0.2) is 5.78 Å². The molecule has 15 heavy (non-hydrogen) atoms. The van der Waals surface area contributed by atoms with Crippen LogP contribution in [0.4, 0.5) is 4.39 Å². The standard InChI is InChI=1S/C13H15FO/c1-4-10(5-2)13(15)11-8-9(3)6-7-12(11)14/h4,6-8H,5H2,1-3H3/b10-4-. The lowest BCUT2D eigenvalue weighted by Gasteiger charge is -2.05. The van der Waals surface area contributed by atoms with Gasteiger partial charge in [0.2, 0.25) is 0 Å². The van der Waals surface area contributed by atoms with Gasteiger partial charge in [0.05, 0.1) is 5.56 Å². The SMILES string of the molecule is C/C=C(/CC)C(=O)c1cc(C)ccc1F. The smallest absolute Gasteiger partial charge is 0.191 e. The molecule has 0 aliphatic rings. The average molecular weight is 206 g/mol. The molecule has 0 amide bonds. The van der Waals surface area contributed by atoms with Crippen molar-refractivity contribution in [3.05, 3.63) is 46.8 Å².